The Balaban J connectivity index is 2.09. The van der Waals surface area contributed by atoms with E-state index in [2.05, 4.69) is 5.32 Å². The van der Waals surface area contributed by atoms with E-state index in [1.165, 1.54) is 17.7 Å². The zero-order valence-electron chi connectivity index (χ0n) is 9.50. The van der Waals surface area contributed by atoms with Gasteiger partial charge < -0.3 is 5.32 Å². The van der Waals surface area contributed by atoms with E-state index in [1.54, 1.807) is 6.07 Å². The molecule has 2 aromatic carbocycles. The molecular formula is C14H13ClFN. The molecule has 0 amide bonds. The summed E-state index contributed by atoms with van der Waals surface area (Å²) < 4.78 is 13.1. The molecule has 0 heterocycles. The van der Waals surface area contributed by atoms with Gasteiger partial charge in [0.15, 0.2) is 0 Å². The van der Waals surface area contributed by atoms with E-state index >= 15 is 0 Å². The summed E-state index contributed by atoms with van der Waals surface area (Å²) in [5.41, 5.74) is 2.94. The first-order valence-electron chi connectivity index (χ1n) is 5.39. The number of rotatable bonds is 3. The highest BCUT2D eigenvalue weighted by Crippen LogP contribution is 2.19. The summed E-state index contributed by atoms with van der Waals surface area (Å²) in [5.74, 6) is -0.268. The van der Waals surface area contributed by atoms with Crippen LogP contribution in [0.2, 0.25) is 5.02 Å². The summed E-state index contributed by atoms with van der Waals surface area (Å²) in [4.78, 5) is 0. The zero-order chi connectivity index (χ0) is 12.3. The molecule has 2 aromatic rings. The average Bonchev–Trinajstić information content (AvgIpc) is 2.30. The fourth-order valence-electron chi connectivity index (χ4n) is 1.63. The van der Waals surface area contributed by atoms with E-state index in [4.69, 9.17) is 11.6 Å². The van der Waals surface area contributed by atoms with E-state index in [9.17, 15) is 4.39 Å². The molecule has 0 atom stereocenters. The second-order valence-corrected chi connectivity index (χ2v) is 4.37. The molecule has 0 saturated heterocycles. The predicted octanol–water partition coefficient (Wildman–Crippen LogP) is 4.40. The lowest BCUT2D eigenvalue weighted by molar-refractivity contribution is 0.626. The molecule has 0 fully saturated rings. The van der Waals surface area contributed by atoms with Crippen molar-refractivity contribution in [2.24, 2.45) is 0 Å². The molecule has 0 aliphatic carbocycles. The number of benzene rings is 2. The smallest absolute Gasteiger partial charge is 0.123 e. The SMILES string of the molecule is Cc1cccc(NCc2cc(F)ccc2Cl)c1. The molecule has 2 rings (SSSR count). The van der Waals surface area contributed by atoms with Gasteiger partial charge in [0.1, 0.15) is 5.82 Å². The average molecular weight is 250 g/mol. The molecule has 0 saturated carbocycles. The minimum Gasteiger partial charge on any atom is -0.381 e. The minimum atomic E-state index is -0.268. The van der Waals surface area contributed by atoms with Crippen LogP contribution in [0.1, 0.15) is 11.1 Å². The van der Waals surface area contributed by atoms with E-state index in [-0.39, 0.29) is 5.82 Å². The number of nitrogens with one attached hydrogen (secondary N) is 1. The lowest BCUT2D eigenvalue weighted by atomic mass is 10.2. The van der Waals surface area contributed by atoms with Gasteiger partial charge in [-0.1, -0.05) is 23.7 Å². The Hall–Kier alpha value is -1.54. The van der Waals surface area contributed by atoms with Gasteiger partial charge in [-0.25, -0.2) is 4.39 Å². The molecule has 0 bridgehead atoms. The van der Waals surface area contributed by atoms with Crippen LogP contribution in [0.25, 0.3) is 0 Å². The van der Waals surface area contributed by atoms with Crippen molar-refractivity contribution in [1.82, 2.24) is 0 Å². The van der Waals surface area contributed by atoms with Gasteiger partial charge in [-0.2, -0.15) is 0 Å². The van der Waals surface area contributed by atoms with Gasteiger partial charge >= 0.3 is 0 Å². The number of hydrogen-bond acceptors (Lipinski definition) is 1. The lowest BCUT2D eigenvalue weighted by Gasteiger charge is -2.08. The molecule has 3 heteroatoms. The Morgan fingerprint density at radius 3 is 2.76 bits per heavy atom. The fourth-order valence-corrected chi connectivity index (χ4v) is 1.82. The maximum Gasteiger partial charge on any atom is 0.123 e. The third kappa shape index (κ3) is 3.21. The van der Waals surface area contributed by atoms with Crippen molar-refractivity contribution in [1.29, 1.82) is 0 Å². The molecule has 0 aliphatic rings. The molecule has 0 spiro atoms. The number of hydrogen-bond donors (Lipinski definition) is 1. The van der Waals surface area contributed by atoms with Crippen molar-refractivity contribution in [3.05, 3.63) is 64.4 Å². The number of aryl methyl sites for hydroxylation is 1. The van der Waals surface area contributed by atoms with Crippen molar-refractivity contribution < 1.29 is 4.39 Å². The van der Waals surface area contributed by atoms with Crippen molar-refractivity contribution in [3.63, 3.8) is 0 Å². The second kappa shape index (κ2) is 5.19. The van der Waals surface area contributed by atoms with E-state index in [1.807, 2.05) is 31.2 Å². The van der Waals surface area contributed by atoms with Crippen LogP contribution in [0.4, 0.5) is 10.1 Å². The first-order chi connectivity index (χ1) is 8.15. The summed E-state index contributed by atoms with van der Waals surface area (Å²) in [6.07, 6.45) is 0. The molecule has 0 aromatic heterocycles. The van der Waals surface area contributed by atoms with E-state index < -0.39 is 0 Å². The molecule has 1 nitrogen and oxygen atoms in total. The minimum absolute atomic E-state index is 0.268. The van der Waals surface area contributed by atoms with Crippen LogP contribution >= 0.6 is 11.6 Å². The van der Waals surface area contributed by atoms with Crippen molar-refractivity contribution >= 4 is 17.3 Å². The lowest BCUT2D eigenvalue weighted by Crippen LogP contribution is -2.00. The van der Waals surface area contributed by atoms with Crippen LogP contribution in [0.3, 0.4) is 0 Å². The summed E-state index contributed by atoms with van der Waals surface area (Å²) >= 11 is 5.99. The molecule has 17 heavy (non-hydrogen) atoms. The second-order valence-electron chi connectivity index (χ2n) is 3.96. The predicted molar refractivity (Wildman–Crippen MR) is 69.9 cm³/mol. The highest BCUT2D eigenvalue weighted by Gasteiger charge is 2.02. The number of anilines is 1. The highest BCUT2D eigenvalue weighted by atomic mass is 35.5. The Morgan fingerprint density at radius 1 is 1.18 bits per heavy atom. The Kier molecular flexibility index (Phi) is 3.64. The van der Waals surface area contributed by atoms with Crippen LogP contribution in [-0.2, 0) is 6.54 Å². The third-order valence-corrected chi connectivity index (χ3v) is 2.88. The van der Waals surface area contributed by atoms with Gasteiger partial charge in [0.05, 0.1) is 0 Å². The molecule has 1 N–H and O–H groups in total. The Morgan fingerprint density at radius 2 is 2.00 bits per heavy atom. The maximum absolute atomic E-state index is 13.1. The topological polar surface area (TPSA) is 12.0 Å². The summed E-state index contributed by atoms with van der Waals surface area (Å²) in [7, 11) is 0. The normalized spacial score (nSPS) is 10.3. The van der Waals surface area contributed by atoms with Crippen LogP contribution in [0, 0.1) is 12.7 Å². The van der Waals surface area contributed by atoms with Gasteiger partial charge in [0.25, 0.3) is 0 Å². The van der Waals surface area contributed by atoms with Crippen LogP contribution in [0.5, 0.6) is 0 Å². The van der Waals surface area contributed by atoms with Gasteiger partial charge in [-0.05, 0) is 48.4 Å². The molecule has 0 aliphatic heterocycles. The highest BCUT2D eigenvalue weighted by molar-refractivity contribution is 6.31. The summed E-state index contributed by atoms with van der Waals surface area (Å²) in [6, 6.07) is 12.4. The molecule has 0 unspecified atom stereocenters. The molecule has 88 valence electrons. The summed E-state index contributed by atoms with van der Waals surface area (Å²) in [5, 5.41) is 3.79. The third-order valence-electron chi connectivity index (χ3n) is 2.51. The van der Waals surface area contributed by atoms with Crippen LogP contribution in [-0.4, -0.2) is 0 Å². The first-order valence-corrected chi connectivity index (χ1v) is 5.77. The quantitative estimate of drug-likeness (QED) is 0.850. The van der Waals surface area contributed by atoms with Crippen molar-refractivity contribution in [2.75, 3.05) is 5.32 Å². The first kappa shape index (κ1) is 11.9. The molecule has 0 radical (unpaired) electrons. The Labute approximate surface area is 105 Å². The van der Waals surface area contributed by atoms with E-state index in [0.717, 1.165) is 11.3 Å². The summed E-state index contributed by atoms with van der Waals surface area (Å²) in [6.45, 7) is 2.54. The molecular weight excluding hydrogens is 237 g/mol. The van der Waals surface area contributed by atoms with Gasteiger partial charge in [0, 0.05) is 17.3 Å². The van der Waals surface area contributed by atoms with E-state index in [0.29, 0.717) is 11.6 Å². The number of halogens is 2. The Bertz CT molecular complexity index is 525. The van der Waals surface area contributed by atoms with Crippen LogP contribution < -0.4 is 5.32 Å². The van der Waals surface area contributed by atoms with Gasteiger partial charge in [-0.15, -0.1) is 0 Å². The van der Waals surface area contributed by atoms with Gasteiger partial charge in [-0.3, -0.25) is 0 Å². The van der Waals surface area contributed by atoms with Crippen molar-refractivity contribution in [3.8, 4) is 0 Å². The zero-order valence-corrected chi connectivity index (χ0v) is 10.3. The fraction of sp³-hybridized carbons (Fsp3) is 0.143. The van der Waals surface area contributed by atoms with Crippen molar-refractivity contribution in [2.45, 2.75) is 13.5 Å². The van der Waals surface area contributed by atoms with Crippen LogP contribution in [0.15, 0.2) is 42.5 Å². The van der Waals surface area contributed by atoms with Gasteiger partial charge in [0.2, 0.25) is 0 Å². The maximum atomic E-state index is 13.1. The largest absolute Gasteiger partial charge is 0.381 e. The monoisotopic (exact) mass is 249 g/mol. The standard InChI is InChI=1S/C14H13ClFN/c1-10-3-2-4-13(7-10)17-9-11-8-12(16)5-6-14(11)15/h2-8,17H,9H2,1H3.